The summed E-state index contributed by atoms with van der Waals surface area (Å²) in [4.78, 5) is 15.1. The van der Waals surface area contributed by atoms with Crippen LogP contribution in [0.5, 0.6) is 11.5 Å². The zero-order chi connectivity index (χ0) is 21.7. The number of hydrogen-bond donors (Lipinski definition) is 1. The van der Waals surface area contributed by atoms with Gasteiger partial charge in [-0.05, 0) is 44.0 Å². The summed E-state index contributed by atoms with van der Waals surface area (Å²) < 4.78 is 18.3. The number of nitrogens with zero attached hydrogens (tertiary/aromatic N) is 3. The van der Waals surface area contributed by atoms with E-state index in [1.54, 1.807) is 17.7 Å². The molecule has 1 N–H and O–H groups in total. The Balaban J connectivity index is 1.26. The molecule has 4 aromatic rings. The molecule has 8 heteroatoms. The number of anilines is 1. The third-order valence-corrected chi connectivity index (χ3v) is 7.03. The lowest BCUT2D eigenvalue weighted by atomic mass is 9.95. The zero-order valence-electron chi connectivity index (χ0n) is 18.1. The third-order valence-electron chi connectivity index (χ3n) is 5.94. The lowest BCUT2D eigenvalue weighted by molar-refractivity contribution is -0.0411. The van der Waals surface area contributed by atoms with E-state index in [-0.39, 0.29) is 5.60 Å². The molecule has 0 unspecified atom stereocenters. The maximum absolute atomic E-state index is 5.98. The summed E-state index contributed by atoms with van der Waals surface area (Å²) in [7, 11) is 0. The van der Waals surface area contributed by atoms with Crippen molar-refractivity contribution >= 4 is 37.6 Å². The van der Waals surface area contributed by atoms with Crippen LogP contribution in [0.2, 0.25) is 0 Å². The molecular weight excluding hydrogens is 424 g/mol. The van der Waals surface area contributed by atoms with Gasteiger partial charge in [-0.25, -0.2) is 15.0 Å². The first-order chi connectivity index (χ1) is 15.6. The predicted molar refractivity (Wildman–Crippen MR) is 125 cm³/mol. The number of fused-ring (bicyclic) bond motifs is 5. The number of rotatable bonds is 4. The molecular formula is C24H24N4O3S. The van der Waals surface area contributed by atoms with E-state index in [1.165, 1.54) is 5.56 Å². The SMILES string of the molecule is CC1(C)Cc2nc3sc4c(NCCc5ccc6c(c5)OCCO6)ncnc4c3cc2CO1. The second-order valence-corrected chi connectivity index (χ2v) is 9.83. The molecule has 0 aliphatic carbocycles. The van der Waals surface area contributed by atoms with Gasteiger partial charge in [-0.2, -0.15) is 0 Å². The third kappa shape index (κ3) is 3.53. The molecule has 0 saturated carbocycles. The molecule has 0 fully saturated rings. The van der Waals surface area contributed by atoms with Gasteiger partial charge in [0.05, 0.1) is 28.1 Å². The van der Waals surface area contributed by atoms with Gasteiger partial charge in [0.1, 0.15) is 30.2 Å². The molecule has 6 rings (SSSR count). The highest BCUT2D eigenvalue weighted by molar-refractivity contribution is 7.25. The average Bonchev–Trinajstić information content (AvgIpc) is 3.15. The van der Waals surface area contributed by atoms with E-state index in [0.29, 0.717) is 19.8 Å². The van der Waals surface area contributed by atoms with E-state index in [2.05, 4.69) is 47.3 Å². The molecule has 5 heterocycles. The van der Waals surface area contributed by atoms with Crippen LogP contribution in [0.1, 0.15) is 30.7 Å². The highest BCUT2D eigenvalue weighted by Crippen LogP contribution is 2.38. The minimum atomic E-state index is -0.176. The van der Waals surface area contributed by atoms with E-state index < -0.39 is 0 Å². The quantitative estimate of drug-likeness (QED) is 0.492. The van der Waals surface area contributed by atoms with Gasteiger partial charge in [-0.15, -0.1) is 11.3 Å². The summed E-state index contributed by atoms with van der Waals surface area (Å²) >= 11 is 1.65. The molecule has 0 atom stereocenters. The van der Waals surface area contributed by atoms with Crippen LogP contribution in [0.15, 0.2) is 30.6 Å². The lowest BCUT2D eigenvalue weighted by Crippen LogP contribution is -2.32. The fraction of sp³-hybridized carbons (Fsp3) is 0.375. The molecule has 164 valence electrons. The Morgan fingerprint density at radius 3 is 2.88 bits per heavy atom. The number of hydrogen-bond acceptors (Lipinski definition) is 8. The van der Waals surface area contributed by atoms with E-state index in [9.17, 15) is 0 Å². The van der Waals surface area contributed by atoms with Crippen LogP contribution in [0.4, 0.5) is 5.82 Å². The Labute approximate surface area is 189 Å². The molecule has 1 aromatic carbocycles. The Hall–Kier alpha value is -2.97. The van der Waals surface area contributed by atoms with Crippen molar-refractivity contribution in [2.24, 2.45) is 0 Å². The molecule has 0 amide bonds. The summed E-state index contributed by atoms with van der Waals surface area (Å²) in [5.74, 6) is 2.50. The monoisotopic (exact) mass is 448 g/mol. The largest absolute Gasteiger partial charge is 0.486 e. The molecule has 0 saturated heterocycles. The van der Waals surface area contributed by atoms with E-state index >= 15 is 0 Å². The number of aromatic nitrogens is 3. The van der Waals surface area contributed by atoms with Crippen molar-refractivity contribution in [1.29, 1.82) is 0 Å². The topological polar surface area (TPSA) is 78.4 Å². The average molecular weight is 449 g/mol. The standard InChI is InChI=1S/C24H24N4O3S/c1-24(2)11-17-15(12-31-24)10-16-20-21(32-23(16)28-17)22(27-13-26-20)25-6-5-14-3-4-18-19(9-14)30-8-7-29-18/h3-4,9-10,13H,5-8,11-12H2,1-2H3,(H,25,26,27). The van der Waals surface area contributed by atoms with Crippen LogP contribution in [0, 0.1) is 0 Å². The van der Waals surface area contributed by atoms with Gasteiger partial charge in [0.25, 0.3) is 0 Å². The Morgan fingerprint density at radius 1 is 1.09 bits per heavy atom. The van der Waals surface area contributed by atoms with Crippen LogP contribution in [-0.2, 0) is 24.2 Å². The van der Waals surface area contributed by atoms with Crippen molar-refractivity contribution in [3.63, 3.8) is 0 Å². The minimum absolute atomic E-state index is 0.176. The molecule has 0 spiro atoms. The van der Waals surface area contributed by atoms with Crippen molar-refractivity contribution in [3.05, 3.63) is 47.4 Å². The normalized spacial score (nSPS) is 16.8. The first-order valence-corrected chi connectivity index (χ1v) is 11.7. The summed E-state index contributed by atoms with van der Waals surface area (Å²) in [6.45, 7) is 6.78. The highest BCUT2D eigenvalue weighted by Gasteiger charge is 2.28. The second-order valence-electron chi connectivity index (χ2n) is 8.83. The number of benzene rings is 1. The maximum atomic E-state index is 5.98. The number of ether oxygens (including phenoxy) is 3. The lowest BCUT2D eigenvalue weighted by Gasteiger charge is -2.30. The van der Waals surface area contributed by atoms with Gasteiger partial charge < -0.3 is 19.5 Å². The number of nitrogens with one attached hydrogen (secondary N) is 1. The van der Waals surface area contributed by atoms with Gasteiger partial charge in [0, 0.05) is 23.9 Å². The van der Waals surface area contributed by atoms with Gasteiger partial charge >= 0.3 is 0 Å². The second kappa shape index (κ2) is 7.56. The first-order valence-electron chi connectivity index (χ1n) is 10.9. The Kier molecular flexibility index (Phi) is 4.66. The molecule has 32 heavy (non-hydrogen) atoms. The smallest absolute Gasteiger partial charge is 0.161 e. The number of thiophene rings is 1. The van der Waals surface area contributed by atoms with Crippen LogP contribution in [0.25, 0.3) is 20.4 Å². The first kappa shape index (κ1) is 19.7. The van der Waals surface area contributed by atoms with Crippen LogP contribution in [0.3, 0.4) is 0 Å². The van der Waals surface area contributed by atoms with Gasteiger partial charge in [-0.3, -0.25) is 0 Å². The summed E-state index contributed by atoms with van der Waals surface area (Å²) in [5, 5.41) is 4.57. The van der Waals surface area contributed by atoms with Crippen molar-refractivity contribution in [2.45, 2.75) is 38.9 Å². The minimum Gasteiger partial charge on any atom is -0.486 e. The molecule has 7 nitrogen and oxygen atoms in total. The van der Waals surface area contributed by atoms with Crippen LogP contribution >= 0.6 is 11.3 Å². The summed E-state index contributed by atoms with van der Waals surface area (Å²) in [6, 6.07) is 8.32. The van der Waals surface area contributed by atoms with Crippen molar-refractivity contribution in [2.75, 3.05) is 25.1 Å². The van der Waals surface area contributed by atoms with Gasteiger partial charge in [-0.1, -0.05) is 6.07 Å². The molecule has 2 aliphatic heterocycles. The fourth-order valence-electron chi connectivity index (χ4n) is 4.28. The molecule has 0 radical (unpaired) electrons. The summed E-state index contributed by atoms with van der Waals surface area (Å²) in [5.41, 5.74) is 4.25. The van der Waals surface area contributed by atoms with Gasteiger partial charge in [0.2, 0.25) is 0 Å². The highest BCUT2D eigenvalue weighted by atomic mass is 32.1. The fourth-order valence-corrected chi connectivity index (χ4v) is 5.38. The maximum Gasteiger partial charge on any atom is 0.161 e. The van der Waals surface area contributed by atoms with E-state index in [0.717, 1.165) is 68.4 Å². The zero-order valence-corrected chi connectivity index (χ0v) is 18.9. The Morgan fingerprint density at radius 2 is 1.97 bits per heavy atom. The summed E-state index contributed by atoms with van der Waals surface area (Å²) in [6.07, 6.45) is 3.30. The molecule has 2 aliphatic rings. The number of pyridine rings is 1. The molecule has 0 bridgehead atoms. The van der Waals surface area contributed by atoms with E-state index in [4.69, 9.17) is 19.2 Å². The predicted octanol–water partition coefficient (Wildman–Crippen LogP) is 4.52. The Bertz CT molecular complexity index is 1330. The van der Waals surface area contributed by atoms with Crippen LogP contribution in [-0.4, -0.2) is 40.3 Å². The van der Waals surface area contributed by atoms with Crippen molar-refractivity contribution in [3.8, 4) is 11.5 Å². The van der Waals surface area contributed by atoms with Crippen molar-refractivity contribution in [1.82, 2.24) is 15.0 Å². The van der Waals surface area contributed by atoms with E-state index in [1.807, 2.05) is 6.07 Å². The van der Waals surface area contributed by atoms with Crippen molar-refractivity contribution < 1.29 is 14.2 Å². The molecule has 3 aromatic heterocycles. The van der Waals surface area contributed by atoms with Crippen LogP contribution < -0.4 is 14.8 Å². The van der Waals surface area contributed by atoms with Gasteiger partial charge in [0.15, 0.2) is 11.5 Å².